The molecule has 26 heavy (non-hydrogen) atoms. The van der Waals surface area contributed by atoms with Crippen LogP contribution in [0.4, 0.5) is 13.2 Å². The molecule has 1 aliphatic rings. The summed E-state index contributed by atoms with van der Waals surface area (Å²) in [6.07, 6.45) is -0.0158. The number of hydrogen-bond donors (Lipinski definition) is 1. The molecule has 1 saturated heterocycles. The van der Waals surface area contributed by atoms with Crippen molar-refractivity contribution in [2.24, 2.45) is 0 Å². The Morgan fingerprint density at radius 3 is 2.50 bits per heavy atom. The third-order valence-electron chi connectivity index (χ3n) is 4.73. The number of likely N-dealkylation sites (tertiary alicyclic amines) is 1. The second-order valence-corrected chi connectivity index (χ2v) is 6.62. The Morgan fingerprint density at radius 2 is 1.88 bits per heavy atom. The van der Waals surface area contributed by atoms with Crippen LogP contribution in [0.2, 0.25) is 0 Å². The van der Waals surface area contributed by atoms with Gasteiger partial charge >= 0.3 is 6.18 Å². The van der Waals surface area contributed by atoms with Gasteiger partial charge in [-0.2, -0.15) is 13.2 Å². The highest BCUT2D eigenvalue weighted by atomic mass is 19.4. The predicted molar refractivity (Wildman–Crippen MR) is 92.4 cm³/mol. The molecule has 1 atom stereocenters. The van der Waals surface area contributed by atoms with Gasteiger partial charge < -0.3 is 10.2 Å². The van der Waals surface area contributed by atoms with Crippen molar-refractivity contribution in [2.75, 3.05) is 13.1 Å². The molecular weight excluding hydrogens is 345 g/mol. The number of hydrogen-bond acceptors (Lipinski definition) is 2. The fourth-order valence-electron chi connectivity index (χ4n) is 3.27. The molecule has 0 radical (unpaired) electrons. The average molecular weight is 370 g/mol. The van der Waals surface area contributed by atoms with Gasteiger partial charge in [-0.15, -0.1) is 0 Å². The highest BCUT2D eigenvalue weighted by Gasteiger charge is 2.30. The van der Waals surface area contributed by atoms with Crippen molar-refractivity contribution < 1.29 is 22.8 Å². The van der Waals surface area contributed by atoms with Crippen LogP contribution in [0, 0.1) is 0 Å². The molecule has 1 fully saturated rings. The van der Waals surface area contributed by atoms with E-state index in [4.69, 9.17) is 0 Å². The molecule has 1 heterocycles. The van der Waals surface area contributed by atoms with Crippen molar-refractivity contribution in [2.45, 2.75) is 57.7 Å². The van der Waals surface area contributed by atoms with Crippen LogP contribution in [0.3, 0.4) is 0 Å². The Balaban J connectivity index is 1.75. The van der Waals surface area contributed by atoms with Gasteiger partial charge in [-0.25, -0.2) is 0 Å². The first-order chi connectivity index (χ1) is 12.3. The van der Waals surface area contributed by atoms with Crippen LogP contribution >= 0.6 is 0 Å². The van der Waals surface area contributed by atoms with Crippen LogP contribution in [0.5, 0.6) is 0 Å². The van der Waals surface area contributed by atoms with E-state index in [0.29, 0.717) is 11.6 Å². The third kappa shape index (κ3) is 5.75. The monoisotopic (exact) mass is 370 g/mol. The lowest BCUT2D eigenvalue weighted by molar-refractivity contribution is -0.137. The lowest BCUT2D eigenvalue weighted by Crippen LogP contribution is -2.44. The molecule has 1 unspecified atom stereocenters. The average Bonchev–Trinajstić information content (AvgIpc) is 2.61. The number of carbonyl (C=O) groups is 2. The Bertz CT molecular complexity index is 614. The van der Waals surface area contributed by atoms with Gasteiger partial charge in [-0.05, 0) is 43.4 Å². The third-order valence-corrected chi connectivity index (χ3v) is 4.73. The summed E-state index contributed by atoms with van der Waals surface area (Å²) in [6.45, 7) is 3.09. The zero-order chi connectivity index (χ0) is 19.2. The number of rotatable bonds is 6. The first-order valence-corrected chi connectivity index (χ1v) is 9.03. The zero-order valence-corrected chi connectivity index (χ0v) is 14.9. The summed E-state index contributed by atoms with van der Waals surface area (Å²) in [6, 6.07) is 4.82. The number of alkyl halides is 3. The van der Waals surface area contributed by atoms with Crippen molar-refractivity contribution in [3.8, 4) is 0 Å². The maximum atomic E-state index is 12.5. The number of nitrogens with zero attached hydrogens (tertiary/aromatic N) is 1. The van der Waals surface area contributed by atoms with Gasteiger partial charge in [-0.3, -0.25) is 9.59 Å². The van der Waals surface area contributed by atoms with Crippen LogP contribution in [0.1, 0.15) is 50.2 Å². The summed E-state index contributed by atoms with van der Waals surface area (Å²) >= 11 is 0. The summed E-state index contributed by atoms with van der Waals surface area (Å²) in [5, 5.41) is 2.67. The van der Waals surface area contributed by atoms with E-state index in [2.05, 4.69) is 12.2 Å². The van der Waals surface area contributed by atoms with Gasteiger partial charge in [0.15, 0.2) is 0 Å². The highest BCUT2D eigenvalue weighted by Crippen LogP contribution is 2.29. The summed E-state index contributed by atoms with van der Waals surface area (Å²) < 4.78 is 37.5. The van der Waals surface area contributed by atoms with E-state index in [-0.39, 0.29) is 31.2 Å². The van der Waals surface area contributed by atoms with Crippen molar-refractivity contribution in [3.63, 3.8) is 0 Å². The Hall–Kier alpha value is -2.05. The van der Waals surface area contributed by atoms with Crippen LogP contribution in [0.25, 0.3) is 0 Å². The van der Waals surface area contributed by atoms with Crippen LogP contribution < -0.4 is 5.32 Å². The van der Waals surface area contributed by atoms with Gasteiger partial charge in [0, 0.05) is 25.6 Å². The molecule has 0 aliphatic carbocycles. The van der Waals surface area contributed by atoms with E-state index in [1.165, 1.54) is 12.1 Å². The maximum absolute atomic E-state index is 12.5. The zero-order valence-electron chi connectivity index (χ0n) is 14.9. The van der Waals surface area contributed by atoms with Crippen molar-refractivity contribution >= 4 is 11.8 Å². The normalized spacial score (nSPS) is 17.8. The van der Waals surface area contributed by atoms with Crippen molar-refractivity contribution in [1.29, 1.82) is 0 Å². The molecule has 0 bridgehead atoms. The van der Waals surface area contributed by atoms with E-state index in [9.17, 15) is 22.8 Å². The molecule has 144 valence electrons. The van der Waals surface area contributed by atoms with Gasteiger partial charge in [0.1, 0.15) is 0 Å². The summed E-state index contributed by atoms with van der Waals surface area (Å²) in [4.78, 5) is 26.1. The molecule has 0 saturated carbocycles. The molecule has 7 heteroatoms. The fourth-order valence-corrected chi connectivity index (χ4v) is 3.27. The van der Waals surface area contributed by atoms with E-state index in [0.717, 1.165) is 44.4 Å². The van der Waals surface area contributed by atoms with Crippen LogP contribution in [0.15, 0.2) is 24.3 Å². The minimum absolute atomic E-state index is 0.00632. The molecule has 2 rings (SSSR count). The molecule has 1 N–H and O–H groups in total. The SMILES string of the molecule is CCC1CCCCN1C(=O)CCNC(=O)Cc1ccc(C(F)(F)F)cc1. The lowest BCUT2D eigenvalue weighted by Gasteiger charge is -2.35. The second-order valence-electron chi connectivity index (χ2n) is 6.62. The van der Waals surface area contributed by atoms with E-state index in [1.54, 1.807) is 0 Å². The largest absolute Gasteiger partial charge is 0.416 e. The topological polar surface area (TPSA) is 49.4 Å². The molecule has 2 amide bonds. The van der Waals surface area contributed by atoms with E-state index >= 15 is 0 Å². The summed E-state index contributed by atoms with van der Waals surface area (Å²) in [5.74, 6) is -0.255. The number of benzene rings is 1. The molecule has 1 aromatic rings. The van der Waals surface area contributed by atoms with Crippen LogP contribution in [-0.4, -0.2) is 35.8 Å². The molecule has 0 spiro atoms. The summed E-state index contributed by atoms with van der Waals surface area (Å²) in [5.41, 5.74) is -0.233. The smallest absolute Gasteiger partial charge is 0.355 e. The van der Waals surface area contributed by atoms with Gasteiger partial charge in [0.05, 0.1) is 12.0 Å². The minimum Gasteiger partial charge on any atom is -0.355 e. The first-order valence-electron chi connectivity index (χ1n) is 9.03. The quantitative estimate of drug-likeness (QED) is 0.833. The van der Waals surface area contributed by atoms with Crippen LogP contribution in [-0.2, 0) is 22.2 Å². The standard InChI is InChI=1S/C19H25F3N2O2/c1-2-16-5-3-4-12-24(16)18(26)10-11-23-17(25)13-14-6-8-15(9-7-14)19(20,21)22/h6-9,16H,2-5,10-13H2,1H3,(H,23,25). The molecule has 1 aromatic carbocycles. The molecule has 1 aliphatic heterocycles. The van der Waals surface area contributed by atoms with E-state index < -0.39 is 11.7 Å². The lowest BCUT2D eigenvalue weighted by atomic mass is 9.99. The highest BCUT2D eigenvalue weighted by molar-refractivity contribution is 5.80. The predicted octanol–water partition coefficient (Wildman–Crippen LogP) is 3.55. The molecular formula is C19H25F3N2O2. The Labute approximate surface area is 151 Å². The number of amides is 2. The molecule has 0 aromatic heterocycles. The minimum atomic E-state index is -4.38. The number of nitrogens with one attached hydrogen (secondary N) is 1. The van der Waals surface area contributed by atoms with Gasteiger partial charge in [-0.1, -0.05) is 19.1 Å². The molecule has 4 nitrogen and oxygen atoms in total. The number of halogens is 3. The van der Waals surface area contributed by atoms with Gasteiger partial charge in [0.25, 0.3) is 0 Å². The maximum Gasteiger partial charge on any atom is 0.416 e. The van der Waals surface area contributed by atoms with E-state index in [1.807, 2.05) is 4.90 Å². The van der Waals surface area contributed by atoms with Crippen molar-refractivity contribution in [3.05, 3.63) is 35.4 Å². The van der Waals surface area contributed by atoms with Crippen molar-refractivity contribution in [1.82, 2.24) is 10.2 Å². The first kappa shape index (κ1) is 20.3. The Morgan fingerprint density at radius 1 is 1.19 bits per heavy atom. The second kappa shape index (κ2) is 9.05. The van der Waals surface area contributed by atoms with Gasteiger partial charge in [0.2, 0.25) is 11.8 Å². The number of carbonyl (C=O) groups excluding carboxylic acids is 2. The fraction of sp³-hybridized carbons (Fsp3) is 0.579. The summed E-state index contributed by atoms with van der Waals surface area (Å²) in [7, 11) is 0. The number of piperidine rings is 1. The Kier molecular flexibility index (Phi) is 7.06.